The van der Waals surface area contributed by atoms with Gasteiger partial charge in [-0.2, -0.15) is 0 Å². The van der Waals surface area contributed by atoms with Gasteiger partial charge in [0.1, 0.15) is 12.4 Å². The number of carbonyl (C=O) groups is 1. The molecule has 25 heavy (non-hydrogen) atoms. The first-order chi connectivity index (χ1) is 12.1. The molecule has 0 saturated carbocycles. The van der Waals surface area contributed by atoms with Gasteiger partial charge in [-0.3, -0.25) is 9.69 Å². The third-order valence-electron chi connectivity index (χ3n) is 3.94. The maximum atomic E-state index is 13.0. The fourth-order valence-electron chi connectivity index (χ4n) is 2.80. The number of ether oxygens (including phenoxy) is 1. The smallest absolute Gasteiger partial charge is 0.298 e. The Balaban J connectivity index is 1.68. The van der Waals surface area contributed by atoms with E-state index in [1.165, 1.54) is 6.33 Å². The molecule has 0 N–H and O–H groups in total. The number of para-hydroxylation sites is 2. The van der Waals surface area contributed by atoms with Crippen LogP contribution in [0.3, 0.4) is 0 Å². The highest BCUT2D eigenvalue weighted by molar-refractivity contribution is 6.32. The molecule has 2 heterocycles. The van der Waals surface area contributed by atoms with E-state index < -0.39 is 0 Å². The van der Waals surface area contributed by atoms with Crippen LogP contribution < -0.4 is 9.64 Å². The first-order valence-corrected chi connectivity index (χ1v) is 8.25. The fourth-order valence-corrected chi connectivity index (χ4v) is 3.01. The highest BCUT2D eigenvalue weighted by atomic mass is 35.5. The molecule has 0 bridgehead atoms. The van der Waals surface area contributed by atoms with Crippen molar-refractivity contribution in [3.63, 3.8) is 0 Å². The van der Waals surface area contributed by atoms with E-state index in [9.17, 15) is 4.79 Å². The van der Waals surface area contributed by atoms with E-state index in [1.54, 1.807) is 27.8 Å². The van der Waals surface area contributed by atoms with Gasteiger partial charge in [-0.15, -0.1) is 5.10 Å². The second-order valence-corrected chi connectivity index (χ2v) is 6.19. The van der Waals surface area contributed by atoms with E-state index in [2.05, 4.69) is 10.1 Å². The number of aromatic nitrogens is 3. The number of hydrogen-bond acceptors (Lipinski definition) is 4. The SMILES string of the molecule is CC1CN(C(=O)c2ncn(-c3ccccc3)n2)c2cccc(Cl)c2O1. The molecular weight excluding hydrogens is 340 g/mol. The summed E-state index contributed by atoms with van der Waals surface area (Å²) in [7, 11) is 0. The second kappa shape index (κ2) is 6.22. The summed E-state index contributed by atoms with van der Waals surface area (Å²) in [6, 6.07) is 14.9. The Labute approximate surface area is 149 Å². The average Bonchev–Trinajstić information content (AvgIpc) is 3.12. The molecule has 126 valence electrons. The van der Waals surface area contributed by atoms with Gasteiger partial charge in [0, 0.05) is 0 Å². The molecule has 0 saturated heterocycles. The largest absolute Gasteiger partial charge is 0.485 e. The topological polar surface area (TPSA) is 60.2 Å². The molecular formula is C18H15ClN4O2. The number of anilines is 1. The van der Waals surface area contributed by atoms with E-state index in [0.717, 1.165) is 5.69 Å². The van der Waals surface area contributed by atoms with Gasteiger partial charge < -0.3 is 4.74 Å². The zero-order valence-electron chi connectivity index (χ0n) is 13.5. The molecule has 1 amide bonds. The summed E-state index contributed by atoms with van der Waals surface area (Å²) in [5, 5.41) is 4.79. The van der Waals surface area contributed by atoms with Gasteiger partial charge in [0.15, 0.2) is 5.75 Å². The van der Waals surface area contributed by atoms with Crippen molar-refractivity contribution in [3.05, 3.63) is 65.7 Å². The molecule has 0 radical (unpaired) electrons. The minimum Gasteiger partial charge on any atom is -0.485 e. The lowest BCUT2D eigenvalue weighted by Crippen LogP contribution is -2.42. The number of rotatable bonds is 2. The summed E-state index contributed by atoms with van der Waals surface area (Å²) in [4.78, 5) is 18.7. The molecule has 1 aromatic heterocycles. The van der Waals surface area contributed by atoms with Crippen molar-refractivity contribution in [2.75, 3.05) is 11.4 Å². The number of carbonyl (C=O) groups excluding carboxylic acids is 1. The van der Waals surface area contributed by atoms with E-state index in [0.29, 0.717) is 23.0 Å². The first-order valence-electron chi connectivity index (χ1n) is 7.87. The minimum absolute atomic E-state index is 0.129. The molecule has 1 atom stereocenters. The van der Waals surface area contributed by atoms with Gasteiger partial charge in [-0.05, 0) is 31.2 Å². The Morgan fingerprint density at radius 2 is 2.00 bits per heavy atom. The lowest BCUT2D eigenvalue weighted by Gasteiger charge is -2.33. The van der Waals surface area contributed by atoms with Crippen LogP contribution in [-0.2, 0) is 0 Å². The van der Waals surface area contributed by atoms with Gasteiger partial charge >= 0.3 is 0 Å². The van der Waals surface area contributed by atoms with Crippen LogP contribution in [0.25, 0.3) is 5.69 Å². The Kier molecular flexibility index (Phi) is 3.89. The van der Waals surface area contributed by atoms with Crippen LogP contribution in [0.4, 0.5) is 5.69 Å². The van der Waals surface area contributed by atoms with Crippen LogP contribution >= 0.6 is 11.6 Å². The van der Waals surface area contributed by atoms with E-state index in [1.807, 2.05) is 37.3 Å². The summed E-state index contributed by atoms with van der Waals surface area (Å²) in [6.45, 7) is 2.30. The number of halogens is 1. The molecule has 1 aliphatic rings. The minimum atomic E-state index is -0.284. The quantitative estimate of drug-likeness (QED) is 0.708. The Bertz CT molecular complexity index is 926. The molecule has 2 aromatic carbocycles. The normalized spacial score (nSPS) is 16.2. The molecule has 1 aliphatic heterocycles. The van der Waals surface area contributed by atoms with Crippen molar-refractivity contribution in [1.82, 2.24) is 14.8 Å². The zero-order chi connectivity index (χ0) is 17.4. The highest BCUT2D eigenvalue weighted by Gasteiger charge is 2.31. The van der Waals surface area contributed by atoms with Crippen molar-refractivity contribution in [1.29, 1.82) is 0 Å². The van der Waals surface area contributed by atoms with Gasteiger partial charge in [-0.25, -0.2) is 9.67 Å². The van der Waals surface area contributed by atoms with Gasteiger partial charge in [-0.1, -0.05) is 35.9 Å². The number of benzene rings is 2. The number of hydrogen-bond donors (Lipinski definition) is 0. The predicted octanol–water partition coefficient (Wildman–Crippen LogP) is 3.35. The third kappa shape index (κ3) is 2.85. The fraction of sp³-hybridized carbons (Fsp3) is 0.167. The number of fused-ring (bicyclic) bond motifs is 1. The van der Waals surface area contributed by atoms with E-state index in [4.69, 9.17) is 16.3 Å². The van der Waals surface area contributed by atoms with Crippen LogP contribution in [0.1, 0.15) is 17.5 Å². The van der Waals surface area contributed by atoms with Crippen molar-refractivity contribution in [2.24, 2.45) is 0 Å². The zero-order valence-corrected chi connectivity index (χ0v) is 14.2. The molecule has 0 aliphatic carbocycles. The maximum Gasteiger partial charge on any atom is 0.298 e. The standard InChI is InChI=1S/C18H15ClN4O2/c1-12-10-22(15-9-5-8-14(19)16(15)25-12)18(24)17-20-11-23(21-17)13-6-3-2-4-7-13/h2-9,11-12H,10H2,1H3. The Morgan fingerprint density at radius 1 is 1.20 bits per heavy atom. The van der Waals surface area contributed by atoms with Crippen LogP contribution in [0, 0.1) is 0 Å². The Morgan fingerprint density at radius 3 is 2.80 bits per heavy atom. The van der Waals surface area contributed by atoms with Crippen molar-refractivity contribution in [2.45, 2.75) is 13.0 Å². The monoisotopic (exact) mass is 354 g/mol. The summed E-state index contributed by atoms with van der Waals surface area (Å²) in [5.41, 5.74) is 1.47. The summed E-state index contributed by atoms with van der Waals surface area (Å²) in [5.74, 6) is 0.357. The van der Waals surface area contributed by atoms with Gasteiger partial charge in [0.25, 0.3) is 5.91 Å². The molecule has 1 unspecified atom stereocenters. The van der Waals surface area contributed by atoms with Gasteiger partial charge in [0.05, 0.1) is 22.9 Å². The molecule has 0 fully saturated rings. The summed E-state index contributed by atoms with van der Waals surface area (Å²) in [6.07, 6.45) is 1.36. The van der Waals surface area contributed by atoms with E-state index in [-0.39, 0.29) is 17.8 Å². The van der Waals surface area contributed by atoms with Crippen LogP contribution in [-0.4, -0.2) is 33.3 Å². The predicted molar refractivity (Wildman–Crippen MR) is 94.6 cm³/mol. The molecule has 3 aromatic rings. The number of nitrogens with zero attached hydrogens (tertiary/aromatic N) is 4. The van der Waals surface area contributed by atoms with Crippen LogP contribution in [0.15, 0.2) is 54.9 Å². The van der Waals surface area contributed by atoms with Crippen LogP contribution in [0.2, 0.25) is 5.02 Å². The van der Waals surface area contributed by atoms with Crippen molar-refractivity contribution < 1.29 is 9.53 Å². The van der Waals surface area contributed by atoms with Crippen molar-refractivity contribution in [3.8, 4) is 11.4 Å². The van der Waals surface area contributed by atoms with E-state index >= 15 is 0 Å². The lowest BCUT2D eigenvalue weighted by atomic mass is 10.2. The maximum absolute atomic E-state index is 13.0. The molecule has 6 nitrogen and oxygen atoms in total. The highest BCUT2D eigenvalue weighted by Crippen LogP contribution is 2.39. The molecule has 7 heteroatoms. The molecule has 0 spiro atoms. The second-order valence-electron chi connectivity index (χ2n) is 5.78. The first kappa shape index (κ1) is 15.7. The van der Waals surface area contributed by atoms with Crippen LogP contribution in [0.5, 0.6) is 5.75 Å². The van der Waals surface area contributed by atoms with Crippen molar-refractivity contribution >= 4 is 23.2 Å². The average molecular weight is 355 g/mol. The lowest BCUT2D eigenvalue weighted by molar-refractivity contribution is 0.0951. The summed E-state index contributed by atoms with van der Waals surface area (Å²) < 4.78 is 7.36. The summed E-state index contributed by atoms with van der Waals surface area (Å²) >= 11 is 6.21. The molecule has 4 rings (SSSR count). The third-order valence-corrected chi connectivity index (χ3v) is 4.24. The van der Waals surface area contributed by atoms with Gasteiger partial charge in [0.2, 0.25) is 5.82 Å². The Hall–Kier alpha value is -2.86. The number of amides is 1.